The van der Waals surface area contributed by atoms with E-state index in [9.17, 15) is 0 Å². The molecule has 0 aromatic carbocycles. The standard InChI is InChI=1S/C16H28BrN3/c1-2-3-11-19(13-10-17)14-15-9-12-20(18-15)16-7-5-4-6-8-16/h9,12,16H,2-8,10-11,13-14H2,1H3. The molecular weight excluding hydrogens is 314 g/mol. The quantitative estimate of drug-likeness (QED) is 0.654. The fraction of sp³-hybridized carbons (Fsp3) is 0.812. The van der Waals surface area contributed by atoms with Crippen molar-refractivity contribution in [1.82, 2.24) is 14.7 Å². The Hall–Kier alpha value is -0.350. The first kappa shape index (κ1) is 16.0. The van der Waals surface area contributed by atoms with Crippen LogP contribution in [0.2, 0.25) is 0 Å². The van der Waals surface area contributed by atoms with Gasteiger partial charge in [-0.05, 0) is 31.9 Å². The molecule has 114 valence electrons. The van der Waals surface area contributed by atoms with Gasteiger partial charge in [-0.25, -0.2) is 0 Å². The van der Waals surface area contributed by atoms with E-state index in [4.69, 9.17) is 5.10 Å². The lowest BCUT2D eigenvalue weighted by Crippen LogP contribution is -2.26. The van der Waals surface area contributed by atoms with Crippen LogP contribution in [-0.4, -0.2) is 33.1 Å². The zero-order valence-electron chi connectivity index (χ0n) is 12.7. The first-order chi connectivity index (χ1) is 9.83. The Balaban J connectivity index is 1.89. The normalized spacial score (nSPS) is 16.9. The highest BCUT2D eigenvalue weighted by Crippen LogP contribution is 2.27. The van der Waals surface area contributed by atoms with Gasteiger partial charge in [0.25, 0.3) is 0 Å². The number of alkyl halides is 1. The number of aromatic nitrogens is 2. The molecule has 0 N–H and O–H groups in total. The van der Waals surface area contributed by atoms with E-state index in [2.05, 4.69) is 44.7 Å². The second kappa shape index (κ2) is 8.83. The second-order valence-electron chi connectivity index (χ2n) is 5.90. The Morgan fingerprint density at radius 2 is 2.10 bits per heavy atom. The molecule has 0 amide bonds. The van der Waals surface area contributed by atoms with Gasteiger partial charge in [-0.15, -0.1) is 0 Å². The maximum Gasteiger partial charge on any atom is 0.0764 e. The fourth-order valence-corrected chi connectivity index (χ4v) is 3.51. The van der Waals surface area contributed by atoms with E-state index in [0.29, 0.717) is 6.04 Å². The lowest BCUT2D eigenvalue weighted by molar-refractivity contribution is 0.270. The van der Waals surface area contributed by atoms with Crippen molar-refractivity contribution < 1.29 is 0 Å². The SMILES string of the molecule is CCCCN(CCBr)Cc1ccn(C2CCCCC2)n1. The van der Waals surface area contributed by atoms with Crippen LogP contribution in [0.4, 0.5) is 0 Å². The molecule has 3 nitrogen and oxygen atoms in total. The van der Waals surface area contributed by atoms with E-state index in [-0.39, 0.29) is 0 Å². The summed E-state index contributed by atoms with van der Waals surface area (Å²) in [6.07, 6.45) is 11.5. The summed E-state index contributed by atoms with van der Waals surface area (Å²) in [5, 5.41) is 5.87. The van der Waals surface area contributed by atoms with Crippen LogP contribution in [0.1, 0.15) is 63.6 Å². The molecule has 1 aromatic heterocycles. The lowest BCUT2D eigenvalue weighted by atomic mass is 9.96. The van der Waals surface area contributed by atoms with E-state index >= 15 is 0 Å². The van der Waals surface area contributed by atoms with E-state index in [0.717, 1.165) is 18.4 Å². The molecule has 20 heavy (non-hydrogen) atoms. The number of hydrogen-bond donors (Lipinski definition) is 0. The van der Waals surface area contributed by atoms with Gasteiger partial charge in [0.1, 0.15) is 0 Å². The molecule has 2 rings (SSSR count). The van der Waals surface area contributed by atoms with Crippen LogP contribution in [0.15, 0.2) is 12.3 Å². The van der Waals surface area contributed by atoms with Crippen LogP contribution >= 0.6 is 15.9 Å². The summed E-state index contributed by atoms with van der Waals surface area (Å²) in [5.74, 6) is 0. The monoisotopic (exact) mass is 341 g/mol. The fourth-order valence-electron chi connectivity index (χ4n) is 3.01. The Morgan fingerprint density at radius 1 is 1.30 bits per heavy atom. The largest absolute Gasteiger partial charge is 0.297 e. The summed E-state index contributed by atoms with van der Waals surface area (Å²) in [5.41, 5.74) is 1.23. The average Bonchev–Trinajstić information content (AvgIpc) is 2.94. The van der Waals surface area contributed by atoms with Gasteiger partial charge in [-0.2, -0.15) is 5.10 Å². The van der Waals surface area contributed by atoms with Gasteiger partial charge in [0, 0.05) is 24.6 Å². The molecule has 0 spiro atoms. The molecule has 1 aliphatic rings. The van der Waals surface area contributed by atoms with E-state index < -0.39 is 0 Å². The summed E-state index contributed by atoms with van der Waals surface area (Å²) < 4.78 is 2.22. The number of hydrogen-bond acceptors (Lipinski definition) is 2. The van der Waals surface area contributed by atoms with Crippen molar-refractivity contribution in [3.05, 3.63) is 18.0 Å². The number of unbranched alkanes of at least 4 members (excludes halogenated alkanes) is 1. The smallest absolute Gasteiger partial charge is 0.0764 e. The molecule has 0 saturated heterocycles. The number of halogens is 1. The Kier molecular flexibility index (Phi) is 7.08. The maximum atomic E-state index is 4.82. The Labute approximate surface area is 131 Å². The van der Waals surface area contributed by atoms with Crippen molar-refractivity contribution in [3.8, 4) is 0 Å². The third kappa shape index (κ3) is 4.88. The van der Waals surface area contributed by atoms with Crippen LogP contribution in [0, 0.1) is 0 Å². The highest BCUT2D eigenvalue weighted by Gasteiger charge is 2.16. The minimum absolute atomic E-state index is 0.651. The molecule has 4 heteroatoms. The van der Waals surface area contributed by atoms with E-state index in [1.807, 2.05) is 0 Å². The predicted octanol–water partition coefficient (Wildman–Crippen LogP) is 4.39. The highest BCUT2D eigenvalue weighted by atomic mass is 79.9. The molecule has 0 unspecified atom stereocenters. The molecule has 1 fully saturated rings. The molecule has 1 aliphatic carbocycles. The van der Waals surface area contributed by atoms with Gasteiger partial charge < -0.3 is 0 Å². The Bertz CT molecular complexity index is 372. The van der Waals surface area contributed by atoms with Gasteiger partial charge in [0.15, 0.2) is 0 Å². The van der Waals surface area contributed by atoms with Gasteiger partial charge in [0.2, 0.25) is 0 Å². The molecule has 1 heterocycles. The first-order valence-electron chi connectivity index (χ1n) is 8.16. The lowest BCUT2D eigenvalue weighted by Gasteiger charge is -2.22. The zero-order valence-corrected chi connectivity index (χ0v) is 14.3. The summed E-state index contributed by atoms with van der Waals surface area (Å²) in [7, 11) is 0. The van der Waals surface area contributed by atoms with Gasteiger partial charge in [-0.3, -0.25) is 9.58 Å². The third-order valence-corrected chi connectivity index (χ3v) is 4.58. The van der Waals surface area contributed by atoms with Crippen LogP contribution in [0.3, 0.4) is 0 Å². The van der Waals surface area contributed by atoms with E-state index in [1.54, 1.807) is 0 Å². The van der Waals surface area contributed by atoms with Crippen molar-refractivity contribution in [2.75, 3.05) is 18.4 Å². The third-order valence-electron chi connectivity index (χ3n) is 4.23. The molecule has 0 atom stereocenters. The first-order valence-corrected chi connectivity index (χ1v) is 9.28. The van der Waals surface area contributed by atoms with Crippen molar-refractivity contribution >= 4 is 15.9 Å². The minimum Gasteiger partial charge on any atom is -0.297 e. The van der Waals surface area contributed by atoms with Gasteiger partial charge >= 0.3 is 0 Å². The van der Waals surface area contributed by atoms with Crippen molar-refractivity contribution in [2.45, 2.75) is 64.5 Å². The summed E-state index contributed by atoms with van der Waals surface area (Å²) >= 11 is 3.56. The zero-order chi connectivity index (χ0) is 14.2. The van der Waals surface area contributed by atoms with E-state index in [1.165, 1.54) is 57.2 Å². The summed E-state index contributed by atoms with van der Waals surface area (Å²) in [4.78, 5) is 2.51. The van der Waals surface area contributed by atoms with Crippen molar-refractivity contribution in [1.29, 1.82) is 0 Å². The molecule has 0 radical (unpaired) electrons. The van der Waals surface area contributed by atoms with Crippen molar-refractivity contribution in [2.24, 2.45) is 0 Å². The maximum absolute atomic E-state index is 4.82. The molecular formula is C16H28BrN3. The Morgan fingerprint density at radius 3 is 2.80 bits per heavy atom. The number of nitrogens with zero attached hydrogens (tertiary/aromatic N) is 3. The van der Waals surface area contributed by atoms with Crippen LogP contribution in [-0.2, 0) is 6.54 Å². The summed E-state index contributed by atoms with van der Waals surface area (Å²) in [6, 6.07) is 2.86. The molecule has 1 saturated carbocycles. The highest BCUT2D eigenvalue weighted by molar-refractivity contribution is 9.09. The van der Waals surface area contributed by atoms with Crippen LogP contribution < -0.4 is 0 Å². The molecule has 0 aliphatic heterocycles. The van der Waals surface area contributed by atoms with Crippen LogP contribution in [0.25, 0.3) is 0 Å². The predicted molar refractivity (Wildman–Crippen MR) is 88.3 cm³/mol. The minimum atomic E-state index is 0.651. The summed E-state index contributed by atoms with van der Waals surface area (Å²) in [6.45, 7) is 5.53. The van der Waals surface area contributed by atoms with Gasteiger partial charge in [0.05, 0.1) is 11.7 Å². The topological polar surface area (TPSA) is 21.1 Å². The molecule has 1 aromatic rings. The average molecular weight is 342 g/mol. The second-order valence-corrected chi connectivity index (χ2v) is 6.69. The van der Waals surface area contributed by atoms with Gasteiger partial charge in [-0.1, -0.05) is 48.5 Å². The molecule has 0 bridgehead atoms. The van der Waals surface area contributed by atoms with Crippen LogP contribution in [0.5, 0.6) is 0 Å². The number of rotatable bonds is 8. The van der Waals surface area contributed by atoms with Crippen molar-refractivity contribution in [3.63, 3.8) is 0 Å².